The number of amides is 2. The fraction of sp³-hybridized carbons (Fsp3) is 0.156. The molecule has 0 fully saturated rings. The Kier molecular flexibility index (Phi) is 8.15. The van der Waals surface area contributed by atoms with Gasteiger partial charge in [-0.3, -0.25) is 14.3 Å². The first-order valence-corrected chi connectivity index (χ1v) is 15.8. The summed E-state index contributed by atoms with van der Waals surface area (Å²) in [5.41, 5.74) is 1.94. The highest BCUT2D eigenvalue weighted by atomic mass is 32.2. The Hall–Kier alpha value is -5.70. The van der Waals surface area contributed by atoms with Crippen LogP contribution in [0, 0.1) is 18.6 Å². The number of hydrogen-bond donors (Lipinski definition) is 4. The Bertz CT molecular complexity index is 2190. The molecule has 4 N–H and O–H groups in total. The lowest BCUT2D eigenvalue weighted by atomic mass is 9.98. The number of hydrogen-bond acceptors (Lipinski definition) is 7. The summed E-state index contributed by atoms with van der Waals surface area (Å²) in [4.78, 5) is 42.9. The summed E-state index contributed by atoms with van der Waals surface area (Å²) in [6.07, 6.45) is 2.18. The molecule has 1 aliphatic carbocycles. The molecule has 1 atom stereocenters. The second kappa shape index (κ2) is 12.2. The van der Waals surface area contributed by atoms with Gasteiger partial charge in [0.15, 0.2) is 17.3 Å². The highest BCUT2D eigenvalue weighted by Gasteiger charge is 2.29. The lowest BCUT2D eigenvalue weighted by Crippen LogP contribution is -2.31. The second-order valence-corrected chi connectivity index (χ2v) is 12.5. The molecule has 2 heterocycles. The first-order chi connectivity index (χ1) is 22.4. The Balaban J connectivity index is 1.35. The third-order valence-electron chi connectivity index (χ3n) is 7.90. The van der Waals surface area contributed by atoms with E-state index in [-0.39, 0.29) is 45.3 Å². The normalized spacial score (nSPS) is 14.1. The number of rotatable bonds is 9. The third kappa shape index (κ3) is 6.12. The molecular weight excluding hydrogens is 634 g/mol. The van der Waals surface area contributed by atoms with E-state index in [0.29, 0.717) is 18.4 Å². The molecule has 0 saturated heterocycles. The van der Waals surface area contributed by atoms with E-state index in [0.717, 1.165) is 34.0 Å². The molecule has 0 radical (unpaired) electrons. The van der Waals surface area contributed by atoms with Crippen molar-refractivity contribution in [2.24, 2.45) is 0 Å². The fourth-order valence-electron chi connectivity index (χ4n) is 5.53. The van der Waals surface area contributed by atoms with E-state index >= 15 is 0 Å². The van der Waals surface area contributed by atoms with E-state index in [1.807, 2.05) is 0 Å². The summed E-state index contributed by atoms with van der Waals surface area (Å²) in [5.74, 6) is -4.63. The summed E-state index contributed by atoms with van der Waals surface area (Å²) in [5, 5.41) is 19.1. The van der Waals surface area contributed by atoms with Crippen molar-refractivity contribution in [3.05, 3.63) is 124 Å². The van der Waals surface area contributed by atoms with Crippen LogP contribution in [0.5, 0.6) is 0 Å². The molecule has 6 rings (SSSR count). The molecule has 2 amide bonds. The van der Waals surface area contributed by atoms with Gasteiger partial charge in [-0.25, -0.2) is 31.5 Å². The van der Waals surface area contributed by atoms with Crippen LogP contribution in [0.15, 0.2) is 77.8 Å². The van der Waals surface area contributed by atoms with Crippen molar-refractivity contribution in [3.63, 3.8) is 0 Å². The maximum Gasteiger partial charge on any atom is 0.335 e. The van der Waals surface area contributed by atoms with Gasteiger partial charge in [-0.1, -0.05) is 30.3 Å². The first kappa shape index (κ1) is 31.3. The zero-order chi connectivity index (χ0) is 33.5. The van der Waals surface area contributed by atoms with Crippen molar-refractivity contribution in [1.82, 2.24) is 25.2 Å². The van der Waals surface area contributed by atoms with Crippen molar-refractivity contribution < 1.29 is 36.7 Å². The molecule has 0 spiro atoms. The molecule has 2 aromatic heterocycles. The average Bonchev–Trinajstić information content (AvgIpc) is 3.65. The van der Waals surface area contributed by atoms with Crippen molar-refractivity contribution in [2.45, 2.75) is 37.2 Å². The van der Waals surface area contributed by atoms with E-state index < -0.39 is 45.5 Å². The number of fused-ring (bicyclic) bond motifs is 2. The maximum atomic E-state index is 13.8. The lowest BCUT2D eigenvalue weighted by Gasteiger charge is -2.16. The van der Waals surface area contributed by atoms with Crippen LogP contribution in [-0.2, 0) is 23.0 Å². The van der Waals surface area contributed by atoms with Gasteiger partial charge in [0, 0.05) is 12.6 Å². The Morgan fingerprint density at radius 1 is 1.00 bits per heavy atom. The van der Waals surface area contributed by atoms with E-state index in [9.17, 15) is 36.7 Å². The average molecular weight is 661 g/mol. The number of benzene rings is 3. The lowest BCUT2D eigenvalue weighted by molar-refractivity contribution is 0.0695. The number of anilines is 1. The van der Waals surface area contributed by atoms with Crippen LogP contribution in [0.3, 0.4) is 0 Å². The minimum absolute atomic E-state index is 0.0426. The molecule has 5 aromatic rings. The smallest absolute Gasteiger partial charge is 0.335 e. The summed E-state index contributed by atoms with van der Waals surface area (Å²) in [7, 11) is -4.11. The molecule has 47 heavy (non-hydrogen) atoms. The number of carboxylic acid groups (broad SMARTS) is 1. The number of aromatic nitrogens is 3. The number of carbonyl (C=O) groups excluding carboxylic acids is 2. The van der Waals surface area contributed by atoms with Gasteiger partial charge in [0.2, 0.25) is 0 Å². The first-order valence-electron chi connectivity index (χ1n) is 14.3. The molecule has 1 aliphatic rings. The minimum Gasteiger partial charge on any atom is -0.478 e. The molecule has 3 aromatic carbocycles. The number of nitrogens with zero attached hydrogens (tertiary/aromatic N) is 3. The van der Waals surface area contributed by atoms with Crippen molar-refractivity contribution in [1.29, 1.82) is 0 Å². The van der Waals surface area contributed by atoms with Gasteiger partial charge in [-0.15, -0.1) is 0 Å². The largest absolute Gasteiger partial charge is 0.478 e. The number of carbonyl (C=O) groups is 3. The van der Waals surface area contributed by atoms with Gasteiger partial charge in [-0.05, 0) is 72.4 Å². The number of halogens is 2. The number of sulfonamides is 1. The summed E-state index contributed by atoms with van der Waals surface area (Å²) >= 11 is 0. The van der Waals surface area contributed by atoms with Crippen LogP contribution in [0.1, 0.15) is 66.1 Å². The van der Waals surface area contributed by atoms with Gasteiger partial charge >= 0.3 is 5.97 Å². The van der Waals surface area contributed by atoms with Crippen LogP contribution < -0.4 is 15.4 Å². The van der Waals surface area contributed by atoms with E-state index in [2.05, 4.69) is 25.4 Å². The summed E-state index contributed by atoms with van der Waals surface area (Å²) < 4.78 is 56.8. The summed E-state index contributed by atoms with van der Waals surface area (Å²) in [6, 6.07) is 14.5. The van der Waals surface area contributed by atoms with Gasteiger partial charge in [-0.2, -0.15) is 5.10 Å². The van der Waals surface area contributed by atoms with Gasteiger partial charge in [0.25, 0.3) is 21.8 Å². The second-order valence-electron chi connectivity index (χ2n) is 10.8. The highest BCUT2D eigenvalue weighted by Crippen LogP contribution is 2.35. The van der Waals surface area contributed by atoms with Crippen LogP contribution >= 0.6 is 0 Å². The molecule has 12 nitrogen and oxygen atoms in total. The fourth-order valence-corrected chi connectivity index (χ4v) is 6.60. The maximum absolute atomic E-state index is 13.8. The SMILES string of the molecule is Cc1c(C(=O)O)ccc2c1CC[C@@H]2NC(=O)c1cc(C(=O)NCc2ccc(F)c(F)c2)nc2c(NS(=O)(=O)c3ccccc3)cnn12. The van der Waals surface area contributed by atoms with Crippen LogP contribution in [0.4, 0.5) is 14.5 Å². The predicted octanol–water partition coefficient (Wildman–Crippen LogP) is 4.16. The molecule has 240 valence electrons. The van der Waals surface area contributed by atoms with Gasteiger partial charge < -0.3 is 15.7 Å². The topological polar surface area (TPSA) is 172 Å². The monoisotopic (exact) mass is 660 g/mol. The van der Waals surface area contributed by atoms with Crippen molar-refractivity contribution >= 4 is 39.1 Å². The van der Waals surface area contributed by atoms with Crippen LogP contribution in [-0.4, -0.2) is 45.9 Å². The minimum atomic E-state index is -4.11. The predicted molar refractivity (Wildman–Crippen MR) is 164 cm³/mol. The summed E-state index contributed by atoms with van der Waals surface area (Å²) in [6.45, 7) is 1.51. The van der Waals surface area contributed by atoms with Crippen LogP contribution in [0.25, 0.3) is 5.65 Å². The molecule has 15 heteroatoms. The van der Waals surface area contributed by atoms with E-state index in [4.69, 9.17) is 0 Å². The quantitative estimate of drug-likeness (QED) is 0.183. The van der Waals surface area contributed by atoms with E-state index in [1.165, 1.54) is 30.3 Å². The van der Waals surface area contributed by atoms with Crippen LogP contribution in [0.2, 0.25) is 0 Å². The molecule has 0 aliphatic heterocycles. The van der Waals surface area contributed by atoms with Gasteiger partial charge in [0.1, 0.15) is 17.1 Å². The molecule has 0 saturated carbocycles. The van der Waals surface area contributed by atoms with Crippen molar-refractivity contribution in [3.8, 4) is 0 Å². The zero-order valence-corrected chi connectivity index (χ0v) is 25.4. The third-order valence-corrected chi connectivity index (χ3v) is 9.28. The van der Waals surface area contributed by atoms with Gasteiger partial charge in [0.05, 0.1) is 22.7 Å². The standard InChI is InChI=1S/C32H26F2N6O6S/c1-17-20-10-12-25(22(20)9-8-21(17)32(43)44)38-31(42)28-14-26(30(41)35-15-18-7-11-23(33)24(34)13-18)37-29-27(16-36-40(28)29)39-47(45,46)19-5-3-2-4-6-19/h2-9,11,13-14,16,25,39H,10,12,15H2,1H3,(H,35,41)(H,38,42)(H,43,44)/t25-/m0/s1. The zero-order valence-electron chi connectivity index (χ0n) is 24.6. The molecule has 0 bridgehead atoms. The number of carboxylic acids is 1. The number of nitrogens with one attached hydrogen (secondary N) is 3. The Labute approximate surface area is 266 Å². The van der Waals surface area contributed by atoms with Crippen molar-refractivity contribution in [2.75, 3.05) is 4.72 Å². The molecule has 0 unspecified atom stereocenters. The van der Waals surface area contributed by atoms with E-state index in [1.54, 1.807) is 31.2 Å². The Morgan fingerprint density at radius 3 is 2.49 bits per heavy atom. The number of aromatic carboxylic acids is 1. The Morgan fingerprint density at radius 2 is 1.77 bits per heavy atom. The molecular formula is C32H26F2N6O6S. The highest BCUT2D eigenvalue weighted by molar-refractivity contribution is 7.92.